The van der Waals surface area contributed by atoms with Crippen LogP contribution in [0.2, 0.25) is 0 Å². The van der Waals surface area contributed by atoms with Crippen molar-refractivity contribution in [2.24, 2.45) is 0 Å². The molecule has 0 bridgehead atoms. The van der Waals surface area contributed by atoms with Crippen molar-refractivity contribution < 1.29 is 0 Å². The normalized spacial score (nSPS) is 11.6. The van der Waals surface area contributed by atoms with Gasteiger partial charge in [-0.05, 0) is 99.4 Å². The summed E-state index contributed by atoms with van der Waals surface area (Å²) >= 11 is 0. The Hall–Kier alpha value is -5.72. The molecule has 0 amide bonds. The molecular weight excluding hydrogens is 528 g/mol. The van der Waals surface area contributed by atoms with Crippen molar-refractivity contribution in [1.82, 2.24) is 0 Å². The van der Waals surface area contributed by atoms with Crippen molar-refractivity contribution in [3.8, 4) is 33.4 Å². The monoisotopic (exact) mass is 556 g/mol. The van der Waals surface area contributed by atoms with Gasteiger partial charge in [0.05, 0.1) is 0 Å². The molecule has 0 heterocycles. The van der Waals surface area contributed by atoms with Gasteiger partial charge in [-0.15, -0.1) is 0 Å². The maximum Gasteiger partial charge on any atom is -0.00262 e. The first-order valence-electron chi connectivity index (χ1n) is 15.3. The summed E-state index contributed by atoms with van der Waals surface area (Å²) < 4.78 is 0. The van der Waals surface area contributed by atoms with Gasteiger partial charge in [0.2, 0.25) is 0 Å². The minimum absolute atomic E-state index is 1.23. The molecule has 0 aliphatic heterocycles. The number of hydrogen-bond donors (Lipinski definition) is 0. The Kier molecular flexibility index (Phi) is 5.61. The molecule has 0 nitrogen and oxygen atoms in total. The van der Waals surface area contributed by atoms with Crippen LogP contribution in [0.1, 0.15) is 0 Å². The zero-order valence-electron chi connectivity index (χ0n) is 24.2. The topological polar surface area (TPSA) is 0 Å². The maximum absolute atomic E-state index is 2.34. The van der Waals surface area contributed by atoms with Crippen LogP contribution in [0, 0.1) is 0 Å². The van der Waals surface area contributed by atoms with Gasteiger partial charge in [0, 0.05) is 0 Å². The predicted molar refractivity (Wildman–Crippen MR) is 190 cm³/mol. The molecule has 0 N–H and O–H groups in total. The van der Waals surface area contributed by atoms with E-state index in [1.54, 1.807) is 0 Å². The summed E-state index contributed by atoms with van der Waals surface area (Å²) in [6, 6.07) is 62.3. The molecular formula is C44H28. The third-order valence-corrected chi connectivity index (χ3v) is 9.22. The van der Waals surface area contributed by atoms with Crippen LogP contribution < -0.4 is 0 Å². The van der Waals surface area contributed by atoms with Crippen molar-refractivity contribution in [3.63, 3.8) is 0 Å². The summed E-state index contributed by atoms with van der Waals surface area (Å²) in [6.07, 6.45) is 0. The Labute approximate surface area is 256 Å². The van der Waals surface area contributed by atoms with E-state index in [4.69, 9.17) is 0 Å². The van der Waals surface area contributed by atoms with Crippen LogP contribution in [0.5, 0.6) is 0 Å². The lowest BCUT2D eigenvalue weighted by atomic mass is 9.85. The molecule has 9 rings (SSSR count). The van der Waals surface area contributed by atoms with Crippen LogP contribution in [-0.4, -0.2) is 0 Å². The summed E-state index contributed by atoms with van der Waals surface area (Å²) in [5, 5.41) is 12.8. The van der Waals surface area contributed by atoms with E-state index >= 15 is 0 Å². The van der Waals surface area contributed by atoms with Gasteiger partial charge in [0.25, 0.3) is 0 Å². The number of rotatable bonds is 3. The van der Waals surface area contributed by atoms with Crippen molar-refractivity contribution in [2.45, 2.75) is 0 Å². The SMILES string of the molecule is c1ccc2cc(-c3c4ccccc4c(-c4ccc(-c5ccc6c(ccc7ccccc76)c5)cc4)c4ccccc34)ccc2c1. The number of hydrogen-bond acceptors (Lipinski definition) is 0. The van der Waals surface area contributed by atoms with E-state index in [-0.39, 0.29) is 0 Å². The third-order valence-electron chi connectivity index (χ3n) is 9.22. The van der Waals surface area contributed by atoms with E-state index in [1.807, 2.05) is 0 Å². The summed E-state index contributed by atoms with van der Waals surface area (Å²) in [6.45, 7) is 0. The Balaban J connectivity index is 1.21. The van der Waals surface area contributed by atoms with Gasteiger partial charge in [-0.2, -0.15) is 0 Å². The van der Waals surface area contributed by atoms with E-state index in [0.717, 1.165) is 0 Å². The first-order chi connectivity index (χ1) is 21.8. The van der Waals surface area contributed by atoms with Crippen LogP contribution in [0.25, 0.3) is 87.2 Å². The summed E-state index contributed by atoms with van der Waals surface area (Å²) in [5.41, 5.74) is 7.54. The number of fused-ring (bicyclic) bond motifs is 6. The van der Waals surface area contributed by atoms with E-state index in [2.05, 4.69) is 170 Å². The van der Waals surface area contributed by atoms with Gasteiger partial charge >= 0.3 is 0 Å². The van der Waals surface area contributed by atoms with Gasteiger partial charge in [0.15, 0.2) is 0 Å². The lowest BCUT2D eigenvalue weighted by molar-refractivity contribution is 1.63. The van der Waals surface area contributed by atoms with Gasteiger partial charge in [-0.25, -0.2) is 0 Å². The highest BCUT2D eigenvalue weighted by atomic mass is 14.2. The van der Waals surface area contributed by atoms with Gasteiger partial charge in [0.1, 0.15) is 0 Å². The average Bonchev–Trinajstić information content (AvgIpc) is 3.10. The van der Waals surface area contributed by atoms with Crippen LogP contribution in [-0.2, 0) is 0 Å². The fourth-order valence-corrected chi connectivity index (χ4v) is 7.12. The van der Waals surface area contributed by atoms with E-state index < -0.39 is 0 Å². The predicted octanol–water partition coefficient (Wildman–Crippen LogP) is 12.5. The first kappa shape index (κ1) is 24.8. The molecule has 0 unspecified atom stereocenters. The zero-order chi connectivity index (χ0) is 29.0. The van der Waals surface area contributed by atoms with Crippen molar-refractivity contribution in [2.75, 3.05) is 0 Å². The zero-order valence-corrected chi connectivity index (χ0v) is 24.2. The maximum atomic E-state index is 2.34. The quantitative estimate of drug-likeness (QED) is 0.150. The molecule has 0 spiro atoms. The molecule has 0 saturated carbocycles. The smallest absolute Gasteiger partial charge is 0.00262 e. The molecule has 0 aliphatic carbocycles. The molecule has 0 heteroatoms. The van der Waals surface area contributed by atoms with Gasteiger partial charge in [-0.1, -0.05) is 158 Å². The highest BCUT2D eigenvalue weighted by Gasteiger charge is 2.17. The highest BCUT2D eigenvalue weighted by molar-refractivity contribution is 6.21. The highest BCUT2D eigenvalue weighted by Crippen LogP contribution is 2.44. The van der Waals surface area contributed by atoms with E-state index in [9.17, 15) is 0 Å². The third kappa shape index (κ3) is 3.92. The van der Waals surface area contributed by atoms with Crippen molar-refractivity contribution in [1.29, 1.82) is 0 Å². The molecule has 204 valence electrons. The molecule has 9 aromatic carbocycles. The van der Waals surface area contributed by atoms with E-state index in [1.165, 1.54) is 87.2 Å². The summed E-state index contributed by atoms with van der Waals surface area (Å²) in [7, 11) is 0. The molecule has 0 radical (unpaired) electrons. The molecule has 0 fully saturated rings. The largest absolute Gasteiger partial charge is 0.0616 e. The van der Waals surface area contributed by atoms with Crippen molar-refractivity contribution >= 4 is 53.9 Å². The minimum Gasteiger partial charge on any atom is -0.0616 e. The van der Waals surface area contributed by atoms with Gasteiger partial charge in [-0.3, -0.25) is 0 Å². The first-order valence-corrected chi connectivity index (χ1v) is 15.3. The van der Waals surface area contributed by atoms with Gasteiger partial charge < -0.3 is 0 Å². The Morgan fingerprint density at radius 3 is 1.30 bits per heavy atom. The van der Waals surface area contributed by atoms with Crippen LogP contribution in [0.15, 0.2) is 170 Å². The second-order valence-corrected chi connectivity index (χ2v) is 11.7. The summed E-state index contributed by atoms with van der Waals surface area (Å²) in [5.74, 6) is 0. The molecule has 9 aromatic rings. The molecule has 0 saturated heterocycles. The average molecular weight is 557 g/mol. The lowest BCUT2D eigenvalue weighted by Gasteiger charge is -2.18. The van der Waals surface area contributed by atoms with E-state index in [0.29, 0.717) is 0 Å². The van der Waals surface area contributed by atoms with Crippen LogP contribution >= 0.6 is 0 Å². The summed E-state index contributed by atoms with van der Waals surface area (Å²) in [4.78, 5) is 0. The number of benzene rings is 9. The Bertz CT molecular complexity index is 2480. The fraction of sp³-hybridized carbons (Fsp3) is 0. The Morgan fingerprint density at radius 1 is 0.205 bits per heavy atom. The second-order valence-electron chi connectivity index (χ2n) is 11.7. The lowest BCUT2D eigenvalue weighted by Crippen LogP contribution is -1.91. The molecule has 0 aromatic heterocycles. The van der Waals surface area contributed by atoms with Crippen LogP contribution in [0.4, 0.5) is 0 Å². The van der Waals surface area contributed by atoms with Crippen molar-refractivity contribution in [3.05, 3.63) is 170 Å². The molecule has 0 aliphatic rings. The Morgan fingerprint density at radius 2 is 0.614 bits per heavy atom. The molecule has 0 atom stereocenters. The fourth-order valence-electron chi connectivity index (χ4n) is 7.12. The standard InChI is InChI=1S/C44H28/c1-2-11-33-28-36(24-19-29(33)9-1)44-41-15-7-5-13-39(41)43(40-14-6-8-16-42(40)44)32-21-17-30(18-22-32)34-25-26-38-35(27-34)23-20-31-10-3-4-12-37(31)38/h1-28H. The minimum atomic E-state index is 1.23. The second kappa shape index (κ2) is 9.93. The molecule has 44 heavy (non-hydrogen) atoms. The van der Waals surface area contributed by atoms with Crippen LogP contribution in [0.3, 0.4) is 0 Å².